The second-order valence-corrected chi connectivity index (χ2v) is 8.77. The molecular weight excluding hydrogens is 477 g/mol. The van der Waals surface area contributed by atoms with E-state index in [2.05, 4.69) is 20.8 Å². The molecule has 2 amide bonds. The fourth-order valence-electron chi connectivity index (χ4n) is 3.10. The molecule has 4 rings (SSSR count). The predicted molar refractivity (Wildman–Crippen MR) is 129 cm³/mol. The zero-order valence-electron chi connectivity index (χ0n) is 18.0. The van der Waals surface area contributed by atoms with Gasteiger partial charge in [0.2, 0.25) is 5.91 Å². The number of carbonyl (C=O) groups is 2. The molecule has 0 aliphatic rings. The first-order valence-corrected chi connectivity index (χ1v) is 12.0. The van der Waals surface area contributed by atoms with Crippen molar-refractivity contribution in [3.05, 3.63) is 82.6 Å². The highest BCUT2D eigenvalue weighted by Crippen LogP contribution is 2.29. The molecule has 34 heavy (non-hydrogen) atoms. The van der Waals surface area contributed by atoms with Crippen LogP contribution in [0.4, 0.5) is 10.1 Å². The lowest BCUT2D eigenvalue weighted by Gasteiger charge is -2.14. The molecule has 0 fully saturated rings. The summed E-state index contributed by atoms with van der Waals surface area (Å²) in [6, 6.07) is 16.8. The van der Waals surface area contributed by atoms with Crippen LogP contribution in [0.2, 0.25) is 0 Å². The van der Waals surface area contributed by atoms with Gasteiger partial charge in [0.1, 0.15) is 11.6 Å². The average molecular weight is 498 g/mol. The summed E-state index contributed by atoms with van der Waals surface area (Å²) in [5, 5.41) is 16.1. The summed E-state index contributed by atoms with van der Waals surface area (Å²) in [5.41, 5.74) is 0.767. The van der Waals surface area contributed by atoms with Gasteiger partial charge in [-0.1, -0.05) is 42.1 Å². The Bertz CT molecular complexity index is 1290. The van der Waals surface area contributed by atoms with Crippen LogP contribution in [0.25, 0.3) is 5.69 Å². The lowest BCUT2D eigenvalue weighted by atomic mass is 10.3. The fraction of sp³-hybridized carbons (Fsp3) is 0.130. The van der Waals surface area contributed by atoms with E-state index in [1.807, 2.05) is 23.6 Å². The van der Waals surface area contributed by atoms with Crippen LogP contribution in [0.1, 0.15) is 15.5 Å². The van der Waals surface area contributed by atoms with Crippen molar-refractivity contribution in [2.24, 2.45) is 0 Å². The third-order valence-electron chi connectivity index (χ3n) is 4.66. The predicted octanol–water partition coefficient (Wildman–Crippen LogP) is 4.14. The quantitative estimate of drug-likeness (QED) is 0.338. The number of hydrogen-bond donors (Lipinski definition) is 2. The van der Waals surface area contributed by atoms with Crippen molar-refractivity contribution in [3.8, 4) is 11.4 Å². The zero-order valence-corrected chi connectivity index (χ0v) is 19.7. The number of rotatable bonds is 9. The summed E-state index contributed by atoms with van der Waals surface area (Å²) in [4.78, 5) is 25.4. The van der Waals surface area contributed by atoms with E-state index in [1.165, 1.54) is 23.5 Å². The molecule has 8 nitrogen and oxygen atoms in total. The highest BCUT2D eigenvalue weighted by Gasteiger charge is 2.20. The molecule has 0 saturated carbocycles. The van der Waals surface area contributed by atoms with Gasteiger partial charge in [0, 0.05) is 0 Å². The smallest absolute Gasteiger partial charge is 0.261 e. The van der Waals surface area contributed by atoms with E-state index in [9.17, 15) is 14.0 Å². The van der Waals surface area contributed by atoms with E-state index in [-0.39, 0.29) is 23.9 Å². The molecule has 0 unspecified atom stereocenters. The second-order valence-electron chi connectivity index (χ2n) is 6.88. The van der Waals surface area contributed by atoms with Gasteiger partial charge in [-0.2, -0.15) is 0 Å². The first kappa shape index (κ1) is 23.5. The van der Waals surface area contributed by atoms with E-state index >= 15 is 0 Å². The number of methoxy groups -OCH3 is 1. The van der Waals surface area contributed by atoms with Gasteiger partial charge in [-0.15, -0.1) is 21.5 Å². The molecule has 0 atom stereocenters. The summed E-state index contributed by atoms with van der Waals surface area (Å²) in [7, 11) is 1.55. The van der Waals surface area contributed by atoms with Crippen molar-refractivity contribution in [1.29, 1.82) is 0 Å². The minimum Gasteiger partial charge on any atom is -0.495 e. The number of halogens is 1. The summed E-state index contributed by atoms with van der Waals surface area (Å²) < 4.78 is 21.1. The van der Waals surface area contributed by atoms with Gasteiger partial charge in [0.05, 0.1) is 35.7 Å². The van der Waals surface area contributed by atoms with E-state index in [0.29, 0.717) is 27.3 Å². The molecule has 174 valence electrons. The number of anilines is 1. The number of benzene rings is 2. The van der Waals surface area contributed by atoms with Crippen LogP contribution in [0.5, 0.6) is 5.75 Å². The molecule has 2 aromatic carbocycles. The molecule has 11 heteroatoms. The lowest BCUT2D eigenvalue weighted by molar-refractivity contribution is -0.113. The zero-order chi connectivity index (χ0) is 23.9. The molecule has 2 heterocycles. The van der Waals surface area contributed by atoms with Crippen LogP contribution in [0.3, 0.4) is 0 Å². The van der Waals surface area contributed by atoms with E-state index in [4.69, 9.17) is 4.74 Å². The Labute approximate surface area is 203 Å². The van der Waals surface area contributed by atoms with Crippen molar-refractivity contribution in [3.63, 3.8) is 0 Å². The fourth-order valence-corrected chi connectivity index (χ4v) is 4.50. The highest BCUT2D eigenvalue weighted by atomic mass is 32.2. The number of nitrogens with one attached hydrogen (secondary N) is 2. The average Bonchev–Trinajstić information content (AvgIpc) is 3.53. The van der Waals surface area contributed by atoms with Gasteiger partial charge < -0.3 is 15.4 Å². The number of nitrogens with zero attached hydrogens (tertiary/aromatic N) is 3. The maximum atomic E-state index is 13.8. The topological polar surface area (TPSA) is 98.1 Å². The largest absolute Gasteiger partial charge is 0.495 e. The van der Waals surface area contributed by atoms with Crippen molar-refractivity contribution in [2.45, 2.75) is 11.7 Å². The summed E-state index contributed by atoms with van der Waals surface area (Å²) >= 11 is 2.48. The Morgan fingerprint density at radius 3 is 2.65 bits per heavy atom. The first-order chi connectivity index (χ1) is 16.6. The maximum Gasteiger partial charge on any atom is 0.261 e. The monoisotopic (exact) mass is 497 g/mol. The van der Waals surface area contributed by atoms with Gasteiger partial charge in [-0.25, -0.2) is 4.39 Å². The minimum absolute atomic E-state index is 0.0246. The molecule has 4 aromatic rings. The lowest BCUT2D eigenvalue weighted by Crippen LogP contribution is -2.24. The Morgan fingerprint density at radius 1 is 1.09 bits per heavy atom. The number of para-hydroxylation sites is 3. The van der Waals surface area contributed by atoms with Crippen molar-refractivity contribution >= 4 is 40.6 Å². The second kappa shape index (κ2) is 10.9. The molecule has 0 saturated heterocycles. The van der Waals surface area contributed by atoms with Crippen molar-refractivity contribution in [2.75, 3.05) is 18.2 Å². The van der Waals surface area contributed by atoms with Crippen LogP contribution in [-0.2, 0) is 11.3 Å². The van der Waals surface area contributed by atoms with Gasteiger partial charge in [0.25, 0.3) is 5.91 Å². The number of amides is 2. The third-order valence-corrected chi connectivity index (χ3v) is 6.46. The SMILES string of the molecule is COc1ccccc1-n1c(CNC(=O)c2cccs2)nnc1SCC(=O)Nc1ccccc1F. The molecule has 0 radical (unpaired) electrons. The van der Waals surface area contributed by atoms with E-state index in [1.54, 1.807) is 42.0 Å². The Hall–Kier alpha value is -3.70. The van der Waals surface area contributed by atoms with Gasteiger partial charge in [0.15, 0.2) is 11.0 Å². The summed E-state index contributed by atoms with van der Waals surface area (Å²) in [6.45, 7) is 0.115. The maximum absolute atomic E-state index is 13.8. The Kier molecular flexibility index (Phi) is 7.55. The third kappa shape index (κ3) is 5.43. The Balaban J connectivity index is 1.55. The number of ether oxygens (including phenoxy) is 1. The molecule has 0 aliphatic heterocycles. The number of hydrogen-bond acceptors (Lipinski definition) is 7. The van der Waals surface area contributed by atoms with Gasteiger partial charge in [-0.3, -0.25) is 14.2 Å². The number of carbonyl (C=O) groups excluding carboxylic acids is 2. The van der Waals surface area contributed by atoms with E-state index < -0.39 is 11.7 Å². The molecule has 0 bridgehead atoms. The number of thioether (sulfide) groups is 1. The van der Waals surface area contributed by atoms with Crippen LogP contribution in [-0.4, -0.2) is 39.4 Å². The Morgan fingerprint density at radius 2 is 1.88 bits per heavy atom. The number of aromatic nitrogens is 3. The molecule has 2 aromatic heterocycles. The highest BCUT2D eigenvalue weighted by molar-refractivity contribution is 7.99. The van der Waals surface area contributed by atoms with Gasteiger partial charge >= 0.3 is 0 Å². The first-order valence-electron chi connectivity index (χ1n) is 10.1. The van der Waals surface area contributed by atoms with Crippen LogP contribution in [0.15, 0.2) is 71.2 Å². The number of thiophene rings is 1. The van der Waals surface area contributed by atoms with Crippen molar-refractivity contribution in [1.82, 2.24) is 20.1 Å². The molecular formula is C23H20FN5O3S2. The van der Waals surface area contributed by atoms with Gasteiger partial charge in [-0.05, 0) is 35.7 Å². The van der Waals surface area contributed by atoms with Crippen LogP contribution in [0, 0.1) is 5.82 Å². The van der Waals surface area contributed by atoms with Crippen LogP contribution < -0.4 is 15.4 Å². The van der Waals surface area contributed by atoms with E-state index in [0.717, 1.165) is 11.8 Å². The molecule has 0 aliphatic carbocycles. The standard InChI is InChI=1S/C23H20FN5O3S2/c1-32-18-10-5-4-9-17(18)29-20(13-25-22(31)19-11-6-12-33-19)27-28-23(29)34-14-21(30)26-16-8-3-2-7-15(16)24/h2-12H,13-14H2,1H3,(H,25,31)(H,26,30). The minimum atomic E-state index is -0.512. The van der Waals surface area contributed by atoms with Crippen molar-refractivity contribution < 1.29 is 18.7 Å². The molecule has 2 N–H and O–H groups in total. The summed E-state index contributed by atoms with van der Waals surface area (Å²) in [6.07, 6.45) is 0. The summed E-state index contributed by atoms with van der Waals surface area (Å²) in [5.74, 6) is -0.109. The molecule has 0 spiro atoms. The normalized spacial score (nSPS) is 10.6. The van der Waals surface area contributed by atoms with Crippen LogP contribution >= 0.6 is 23.1 Å².